The average Bonchev–Trinajstić information content (AvgIpc) is 2.64. The summed E-state index contributed by atoms with van der Waals surface area (Å²) in [5.74, 6) is 0. The number of rotatable bonds is 3. The molecule has 2 rings (SSSR count). The largest absolute Gasteiger partial charge is 0.378 e. The van der Waals surface area contributed by atoms with E-state index in [9.17, 15) is 0 Å². The van der Waals surface area contributed by atoms with Crippen LogP contribution in [0.15, 0.2) is 6.20 Å². The molecule has 1 atom stereocenters. The van der Waals surface area contributed by atoms with Crippen LogP contribution in [0.5, 0.6) is 0 Å². The van der Waals surface area contributed by atoms with Gasteiger partial charge in [0.15, 0.2) is 0 Å². The van der Waals surface area contributed by atoms with Crippen molar-refractivity contribution in [2.75, 3.05) is 26.3 Å². The summed E-state index contributed by atoms with van der Waals surface area (Å²) in [5.41, 5.74) is 8.45. The summed E-state index contributed by atoms with van der Waals surface area (Å²) in [5, 5.41) is 4.33. The Morgan fingerprint density at radius 3 is 2.78 bits per heavy atom. The van der Waals surface area contributed by atoms with Crippen LogP contribution in [0.3, 0.4) is 0 Å². The molecule has 5 heteroatoms. The zero-order valence-corrected chi connectivity index (χ0v) is 11.8. The lowest BCUT2D eigenvalue weighted by atomic mass is 9.96. The Bertz CT molecular complexity index is 413. The predicted molar refractivity (Wildman–Crippen MR) is 71.3 cm³/mol. The average molecular weight is 252 g/mol. The third-order valence-corrected chi connectivity index (χ3v) is 3.94. The van der Waals surface area contributed by atoms with Gasteiger partial charge in [-0.1, -0.05) is 0 Å². The van der Waals surface area contributed by atoms with Crippen LogP contribution in [0.4, 0.5) is 0 Å². The van der Waals surface area contributed by atoms with Gasteiger partial charge in [0.25, 0.3) is 0 Å². The van der Waals surface area contributed by atoms with Gasteiger partial charge in [-0.25, -0.2) is 0 Å². The highest BCUT2D eigenvalue weighted by Crippen LogP contribution is 2.31. The summed E-state index contributed by atoms with van der Waals surface area (Å²) in [6.45, 7) is 9.57. The van der Waals surface area contributed by atoms with Crippen LogP contribution < -0.4 is 5.73 Å². The Hall–Kier alpha value is -0.910. The van der Waals surface area contributed by atoms with Gasteiger partial charge in [0.2, 0.25) is 0 Å². The topological polar surface area (TPSA) is 56.3 Å². The zero-order chi connectivity index (χ0) is 13.3. The van der Waals surface area contributed by atoms with E-state index < -0.39 is 0 Å². The number of nitrogens with two attached hydrogens (primary N) is 1. The quantitative estimate of drug-likeness (QED) is 0.866. The van der Waals surface area contributed by atoms with Crippen LogP contribution in [0.25, 0.3) is 0 Å². The van der Waals surface area contributed by atoms with Crippen molar-refractivity contribution in [2.24, 2.45) is 12.8 Å². The number of nitrogens with zero attached hydrogens (tertiary/aromatic N) is 3. The van der Waals surface area contributed by atoms with Crippen molar-refractivity contribution in [2.45, 2.75) is 32.4 Å². The SMILES string of the molecule is Cc1c(C(CN)N2CCOCC2(C)C)cnn1C. The maximum atomic E-state index is 6.02. The van der Waals surface area contributed by atoms with E-state index in [0.717, 1.165) is 19.8 Å². The normalized spacial score (nSPS) is 22.1. The van der Waals surface area contributed by atoms with E-state index in [1.54, 1.807) is 0 Å². The summed E-state index contributed by atoms with van der Waals surface area (Å²) in [6, 6.07) is 0.220. The fourth-order valence-corrected chi connectivity index (χ4v) is 2.71. The summed E-state index contributed by atoms with van der Waals surface area (Å²) < 4.78 is 7.49. The smallest absolute Gasteiger partial charge is 0.0645 e. The van der Waals surface area contributed by atoms with Crippen LogP contribution in [0.1, 0.15) is 31.1 Å². The molecule has 0 radical (unpaired) electrons. The number of morpholine rings is 1. The number of aryl methyl sites for hydroxylation is 1. The second-order valence-electron chi connectivity index (χ2n) is 5.62. The Morgan fingerprint density at radius 1 is 1.56 bits per heavy atom. The lowest BCUT2D eigenvalue weighted by Gasteiger charge is -2.46. The highest BCUT2D eigenvalue weighted by molar-refractivity contribution is 5.22. The van der Waals surface area contributed by atoms with Crippen LogP contribution in [-0.4, -0.2) is 46.5 Å². The molecule has 2 N–H and O–H groups in total. The van der Waals surface area contributed by atoms with Crippen LogP contribution in [0.2, 0.25) is 0 Å². The Morgan fingerprint density at radius 2 is 2.28 bits per heavy atom. The van der Waals surface area contributed by atoms with Crippen molar-refractivity contribution >= 4 is 0 Å². The molecule has 1 aliphatic heterocycles. The zero-order valence-electron chi connectivity index (χ0n) is 11.8. The maximum absolute atomic E-state index is 6.02. The van der Waals surface area contributed by atoms with Crippen molar-refractivity contribution < 1.29 is 4.74 Å². The molecule has 1 fully saturated rings. The molecule has 1 aromatic rings. The van der Waals surface area contributed by atoms with Crippen LogP contribution >= 0.6 is 0 Å². The first-order valence-electron chi connectivity index (χ1n) is 6.50. The molecule has 0 amide bonds. The molecule has 1 aromatic heterocycles. The summed E-state index contributed by atoms with van der Waals surface area (Å²) in [4.78, 5) is 2.44. The van der Waals surface area contributed by atoms with Crippen molar-refractivity contribution in [1.82, 2.24) is 14.7 Å². The van der Waals surface area contributed by atoms with Gasteiger partial charge >= 0.3 is 0 Å². The highest BCUT2D eigenvalue weighted by Gasteiger charge is 2.36. The van der Waals surface area contributed by atoms with E-state index in [-0.39, 0.29) is 11.6 Å². The van der Waals surface area contributed by atoms with E-state index in [1.165, 1.54) is 11.3 Å². The molecule has 0 saturated carbocycles. The molecular weight excluding hydrogens is 228 g/mol. The van der Waals surface area contributed by atoms with E-state index in [1.807, 2.05) is 17.9 Å². The maximum Gasteiger partial charge on any atom is 0.0645 e. The lowest BCUT2D eigenvalue weighted by molar-refractivity contribution is -0.0713. The van der Waals surface area contributed by atoms with Gasteiger partial charge in [-0.2, -0.15) is 5.10 Å². The molecule has 2 heterocycles. The monoisotopic (exact) mass is 252 g/mol. The minimum atomic E-state index is 0.0184. The van der Waals surface area contributed by atoms with Gasteiger partial charge in [-0.05, 0) is 20.8 Å². The van der Waals surface area contributed by atoms with Crippen LogP contribution in [-0.2, 0) is 11.8 Å². The van der Waals surface area contributed by atoms with Crippen molar-refractivity contribution in [1.29, 1.82) is 0 Å². The third kappa shape index (κ3) is 2.30. The molecule has 1 saturated heterocycles. The summed E-state index contributed by atoms with van der Waals surface area (Å²) in [6.07, 6.45) is 1.94. The van der Waals surface area contributed by atoms with E-state index in [4.69, 9.17) is 10.5 Å². The van der Waals surface area contributed by atoms with Crippen LogP contribution in [0, 0.1) is 6.92 Å². The van der Waals surface area contributed by atoms with E-state index >= 15 is 0 Å². The van der Waals surface area contributed by atoms with Crippen molar-refractivity contribution in [3.05, 3.63) is 17.5 Å². The molecule has 0 aliphatic carbocycles. The fourth-order valence-electron chi connectivity index (χ4n) is 2.71. The standard InChI is InChI=1S/C13H24N4O/c1-10-11(8-15-16(10)4)12(7-14)17-5-6-18-9-13(17,2)3/h8,12H,5-7,9,14H2,1-4H3. The fraction of sp³-hybridized carbons (Fsp3) is 0.769. The second-order valence-corrected chi connectivity index (χ2v) is 5.62. The highest BCUT2D eigenvalue weighted by atomic mass is 16.5. The number of hydrogen-bond acceptors (Lipinski definition) is 4. The third-order valence-electron chi connectivity index (χ3n) is 3.94. The predicted octanol–water partition coefficient (Wildman–Crippen LogP) is 0.839. The molecule has 1 aliphatic rings. The van der Waals surface area contributed by atoms with E-state index in [0.29, 0.717) is 6.54 Å². The molecule has 5 nitrogen and oxygen atoms in total. The number of aromatic nitrogens is 2. The number of ether oxygens (including phenoxy) is 1. The van der Waals surface area contributed by atoms with Gasteiger partial charge in [0.05, 0.1) is 25.5 Å². The second kappa shape index (κ2) is 4.99. The molecule has 0 spiro atoms. The first-order valence-corrected chi connectivity index (χ1v) is 6.50. The minimum absolute atomic E-state index is 0.0184. The van der Waals surface area contributed by atoms with Crippen molar-refractivity contribution in [3.63, 3.8) is 0 Å². The van der Waals surface area contributed by atoms with Gasteiger partial charge in [-0.15, -0.1) is 0 Å². The Kier molecular flexibility index (Phi) is 3.75. The van der Waals surface area contributed by atoms with Gasteiger partial charge in [-0.3, -0.25) is 9.58 Å². The molecular formula is C13H24N4O. The lowest BCUT2D eigenvalue weighted by Crippen LogP contribution is -2.55. The van der Waals surface area contributed by atoms with Gasteiger partial charge < -0.3 is 10.5 Å². The first kappa shape index (κ1) is 13.5. The molecule has 0 aromatic carbocycles. The van der Waals surface area contributed by atoms with Gasteiger partial charge in [0.1, 0.15) is 0 Å². The number of hydrogen-bond donors (Lipinski definition) is 1. The minimum Gasteiger partial charge on any atom is -0.378 e. The van der Waals surface area contributed by atoms with Crippen molar-refractivity contribution in [3.8, 4) is 0 Å². The van der Waals surface area contributed by atoms with Gasteiger partial charge in [0, 0.05) is 36.9 Å². The summed E-state index contributed by atoms with van der Waals surface area (Å²) >= 11 is 0. The first-order chi connectivity index (χ1) is 8.47. The summed E-state index contributed by atoms with van der Waals surface area (Å²) in [7, 11) is 1.97. The molecule has 102 valence electrons. The Balaban J connectivity index is 2.30. The molecule has 0 bridgehead atoms. The van der Waals surface area contributed by atoms with E-state index in [2.05, 4.69) is 30.8 Å². The Labute approximate surface area is 109 Å². The molecule has 18 heavy (non-hydrogen) atoms. The molecule has 1 unspecified atom stereocenters.